The molecule has 0 aliphatic rings. The first-order chi connectivity index (χ1) is 14.7. The Bertz CT molecular complexity index is 906. The first-order valence-corrected chi connectivity index (χ1v) is 9.37. The number of anilines is 1. The van der Waals surface area contributed by atoms with Gasteiger partial charge in [0.15, 0.2) is 12.6 Å². The van der Waals surface area contributed by atoms with E-state index < -0.39 is 12.8 Å². The van der Waals surface area contributed by atoms with E-state index in [1.54, 1.807) is 31.3 Å². The molecule has 7 nitrogen and oxygen atoms in total. The van der Waals surface area contributed by atoms with E-state index in [-0.39, 0.29) is 35.6 Å². The summed E-state index contributed by atoms with van der Waals surface area (Å²) in [4.78, 5) is 15.5. The van der Waals surface area contributed by atoms with Gasteiger partial charge in [-0.1, -0.05) is 18.2 Å². The summed E-state index contributed by atoms with van der Waals surface area (Å²) in [6, 6.07) is 11.8. The summed E-state index contributed by atoms with van der Waals surface area (Å²) < 4.78 is 46.5. The van der Waals surface area contributed by atoms with Crippen molar-refractivity contribution in [3.8, 4) is 11.5 Å². The lowest BCUT2D eigenvalue weighted by Crippen LogP contribution is -2.36. The van der Waals surface area contributed by atoms with E-state index >= 15 is 0 Å². The van der Waals surface area contributed by atoms with Gasteiger partial charge < -0.3 is 25.4 Å². The number of halogens is 4. The predicted molar refractivity (Wildman–Crippen MR) is 128 cm³/mol. The second-order valence-electron chi connectivity index (χ2n) is 6.54. The van der Waals surface area contributed by atoms with Crippen molar-refractivity contribution in [3.63, 3.8) is 0 Å². The van der Waals surface area contributed by atoms with Gasteiger partial charge in [-0.25, -0.2) is 0 Å². The molecule has 0 saturated heterocycles. The van der Waals surface area contributed by atoms with Crippen molar-refractivity contribution in [1.29, 1.82) is 0 Å². The molecule has 0 fully saturated rings. The van der Waals surface area contributed by atoms with Crippen molar-refractivity contribution in [3.05, 3.63) is 53.6 Å². The molecule has 0 saturated carbocycles. The van der Waals surface area contributed by atoms with Crippen LogP contribution in [0.5, 0.6) is 11.5 Å². The van der Waals surface area contributed by atoms with E-state index in [1.165, 1.54) is 26.2 Å². The van der Waals surface area contributed by atoms with Crippen molar-refractivity contribution < 1.29 is 27.4 Å². The maximum atomic E-state index is 12.2. The summed E-state index contributed by atoms with van der Waals surface area (Å²) in [7, 11) is 3.15. The molecule has 176 valence electrons. The number of rotatable bonds is 8. The second-order valence-corrected chi connectivity index (χ2v) is 6.54. The van der Waals surface area contributed by atoms with Gasteiger partial charge in [0.1, 0.15) is 11.5 Å². The van der Waals surface area contributed by atoms with Crippen LogP contribution in [0.3, 0.4) is 0 Å². The molecule has 0 radical (unpaired) electrons. The molecule has 0 heterocycles. The van der Waals surface area contributed by atoms with E-state index in [0.29, 0.717) is 30.5 Å². The average Bonchev–Trinajstić information content (AvgIpc) is 2.72. The van der Waals surface area contributed by atoms with Gasteiger partial charge in [-0.3, -0.25) is 9.79 Å². The van der Waals surface area contributed by atoms with Gasteiger partial charge in [-0.15, -0.1) is 24.0 Å². The van der Waals surface area contributed by atoms with Crippen LogP contribution in [-0.4, -0.2) is 38.8 Å². The number of amides is 1. The van der Waals surface area contributed by atoms with E-state index in [9.17, 15) is 18.0 Å². The monoisotopic (exact) mass is 566 g/mol. The second kappa shape index (κ2) is 13.0. The zero-order valence-corrected chi connectivity index (χ0v) is 20.2. The molecular formula is C21H26F3IN4O3. The molecule has 0 atom stereocenters. The van der Waals surface area contributed by atoms with Gasteiger partial charge in [0.2, 0.25) is 5.91 Å². The molecule has 0 unspecified atom stereocenters. The average molecular weight is 566 g/mol. The zero-order valence-electron chi connectivity index (χ0n) is 17.9. The summed E-state index contributed by atoms with van der Waals surface area (Å²) in [6.45, 7) is 0.959. The fourth-order valence-corrected chi connectivity index (χ4v) is 2.61. The molecular weight excluding hydrogens is 540 g/mol. The van der Waals surface area contributed by atoms with Crippen LogP contribution in [0.25, 0.3) is 0 Å². The summed E-state index contributed by atoms with van der Waals surface area (Å²) >= 11 is 0. The lowest BCUT2D eigenvalue weighted by atomic mass is 10.2. The smallest absolute Gasteiger partial charge is 0.422 e. The van der Waals surface area contributed by atoms with Gasteiger partial charge in [0, 0.05) is 27.1 Å². The number of carbonyl (C=O) groups is 1. The van der Waals surface area contributed by atoms with E-state index in [1.807, 2.05) is 6.07 Å². The van der Waals surface area contributed by atoms with Crippen molar-refractivity contribution in [2.75, 3.05) is 26.1 Å². The van der Waals surface area contributed by atoms with Crippen molar-refractivity contribution in [2.45, 2.75) is 26.2 Å². The highest BCUT2D eigenvalue weighted by Gasteiger charge is 2.28. The minimum absolute atomic E-state index is 0. The van der Waals surface area contributed by atoms with Crippen LogP contribution in [0.4, 0.5) is 18.9 Å². The number of aliphatic imine (C=N–C) groups is 1. The number of ether oxygens (including phenoxy) is 2. The molecule has 0 aliphatic heterocycles. The van der Waals surface area contributed by atoms with Gasteiger partial charge in [-0.05, 0) is 35.4 Å². The first kappa shape index (κ1) is 27.3. The lowest BCUT2D eigenvalue weighted by molar-refractivity contribution is -0.153. The number of guanidine groups is 1. The molecule has 2 aromatic carbocycles. The number of alkyl halides is 3. The van der Waals surface area contributed by atoms with Crippen LogP contribution in [0.1, 0.15) is 18.1 Å². The van der Waals surface area contributed by atoms with Crippen molar-refractivity contribution in [1.82, 2.24) is 10.6 Å². The molecule has 2 aromatic rings. The predicted octanol–water partition coefficient (Wildman–Crippen LogP) is 4.08. The zero-order chi connectivity index (χ0) is 22.9. The third-order valence-electron chi connectivity index (χ3n) is 4.04. The van der Waals surface area contributed by atoms with Crippen LogP contribution in [0.15, 0.2) is 47.5 Å². The Morgan fingerprint density at radius 2 is 1.62 bits per heavy atom. The molecule has 32 heavy (non-hydrogen) atoms. The number of nitrogens with zero attached hydrogens (tertiary/aromatic N) is 1. The molecule has 0 bridgehead atoms. The van der Waals surface area contributed by atoms with Crippen LogP contribution in [0, 0.1) is 0 Å². The largest absolute Gasteiger partial charge is 0.495 e. The number of hydrogen-bond donors (Lipinski definition) is 3. The highest BCUT2D eigenvalue weighted by atomic mass is 127. The van der Waals surface area contributed by atoms with E-state index in [2.05, 4.69) is 20.9 Å². The Morgan fingerprint density at radius 1 is 1.03 bits per heavy atom. The van der Waals surface area contributed by atoms with Crippen LogP contribution >= 0.6 is 24.0 Å². The summed E-state index contributed by atoms with van der Waals surface area (Å²) in [5.41, 5.74) is 2.32. The topological polar surface area (TPSA) is 84.0 Å². The molecule has 0 spiro atoms. The van der Waals surface area contributed by atoms with Crippen LogP contribution in [-0.2, 0) is 17.9 Å². The Kier molecular flexibility index (Phi) is 11.1. The minimum Gasteiger partial charge on any atom is -0.495 e. The number of nitrogens with one attached hydrogen (secondary N) is 3. The van der Waals surface area contributed by atoms with E-state index in [4.69, 9.17) is 9.47 Å². The maximum Gasteiger partial charge on any atom is 0.422 e. The maximum absolute atomic E-state index is 12.2. The third-order valence-corrected chi connectivity index (χ3v) is 4.04. The Morgan fingerprint density at radius 3 is 2.16 bits per heavy atom. The molecule has 3 N–H and O–H groups in total. The normalized spacial score (nSPS) is 11.2. The fourth-order valence-electron chi connectivity index (χ4n) is 2.61. The fraction of sp³-hybridized carbons (Fsp3) is 0.333. The Labute approximate surface area is 201 Å². The van der Waals surface area contributed by atoms with Gasteiger partial charge >= 0.3 is 6.18 Å². The number of methoxy groups -OCH3 is 1. The highest BCUT2D eigenvalue weighted by Crippen LogP contribution is 2.25. The number of carbonyl (C=O) groups excluding carboxylic acids is 1. The highest BCUT2D eigenvalue weighted by molar-refractivity contribution is 14.0. The van der Waals surface area contributed by atoms with E-state index in [0.717, 1.165) is 11.1 Å². The van der Waals surface area contributed by atoms with Crippen LogP contribution < -0.4 is 25.4 Å². The molecule has 1 amide bonds. The quantitative estimate of drug-likeness (QED) is 0.255. The number of benzene rings is 2. The van der Waals surface area contributed by atoms with Gasteiger partial charge in [-0.2, -0.15) is 13.2 Å². The van der Waals surface area contributed by atoms with Crippen LogP contribution in [0.2, 0.25) is 0 Å². The Hall–Kier alpha value is -2.70. The van der Waals surface area contributed by atoms with Crippen molar-refractivity contribution in [2.24, 2.45) is 4.99 Å². The Balaban J connectivity index is 0.00000512. The molecule has 11 heteroatoms. The SMILES string of the molecule is CN=C(NCc1ccc(OCC(F)(F)F)cc1)NCc1ccc(OC)c(NC(C)=O)c1.I. The standard InChI is InChI=1S/C21H25F3N4O3.HI/c1-14(29)28-18-10-16(6-9-19(18)30-3)12-27-20(25-2)26-11-15-4-7-17(8-5-15)31-13-21(22,23)24;/h4-10H,11-13H2,1-3H3,(H,28,29)(H2,25,26,27);1H. The molecule has 2 rings (SSSR count). The summed E-state index contributed by atoms with van der Waals surface area (Å²) in [5.74, 6) is 1.05. The molecule has 0 aliphatic carbocycles. The summed E-state index contributed by atoms with van der Waals surface area (Å²) in [6.07, 6.45) is -4.37. The third kappa shape index (κ3) is 9.62. The number of hydrogen-bond acceptors (Lipinski definition) is 4. The van der Waals surface area contributed by atoms with Crippen molar-refractivity contribution >= 4 is 41.5 Å². The lowest BCUT2D eigenvalue weighted by Gasteiger charge is -2.14. The minimum atomic E-state index is -4.37. The van der Waals surface area contributed by atoms with Gasteiger partial charge in [0.25, 0.3) is 0 Å². The molecule has 0 aromatic heterocycles. The summed E-state index contributed by atoms with van der Waals surface area (Å²) in [5, 5.41) is 9.01. The van der Waals surface area contributed by atoms with Gasteiger partial charge in [0.05, 0.1) is 12.8 Å². The first-order valence-electron chi connectivity index (χ1n) is 9.37.